The fourth-order valence-electron chi connectivity index (χ4n) is 0.169. The highest BCUT2D eigenvalue weighted by Crippen LogP contribution is 2.02. The van der Waals surface area contributed by atoms with E-state index < -0.39 is 0 Å². The zero-order chi connectivity index (χ0) is 6.62. The smallest absolute Gasteiger partial charge is 0.0894 e. The Kier molecular flexibility index (Phi) is 2.48. The SMILES string of the molecule is C=NNOC(C)(C)C. The lowest BCUT2D eigenvalue weighted by Gasteiger charge is -2.16. The van der Waals surface area contributed by atoms with Gasteiger partial charge in [-0.05, 0) is 20.8 Å². The third-order valence-corrected chi connectivity index (χ3v) is 0.416. The second kappa shape index (κ2) is 2.67. The Morgan fingerprint density at radius 3 is 2.12 bits per heavy atom. The average molecular weight is 116 g/mol. The van der Waals surface area contributed by atoms with Crippen molar-refractivity contribution in [2.24, 2.45) is 5.10 Å². The van der Waals surface area contributed by atoms with E-state index in [9.17, 15) is 0 Å². The first-order valence-electron chi connectivity index (χ1n) is 2.45. The van der Waals surface area contributed by atoms with Crippen molar-refractivity contribution in [2.75, 3.05) is 0 Å². The number of hydrogen-bond acceptors (Lipinski definition) is 3. The van der Waals surface area contributed by atoms with Gasteiger partial charge in [0.15, 0.2) is 0 Å². The molecule has 3 nitrogen and oxygen atoms in total. The van der Waals surface area contributed by atoms with Gasteiger partial charge in [0.05, 0.1) is 5.60 Å². The summed E-state index contributed by atoms with van der Waals surface area (Å²) in [4.78, 5) is 4.90. The van der Waals surface area contributed by atoms with Crippen LogP contribution in [0.1, 0.15) is 20.8 Å². The average Bonchev–Trinajstić information content (AvgIpc) is 1.59. The van der Waals surface area contributed by atoms with Gasteiger partial charge in [0.25, 0.3) is 0 Å². The van der Waals surface area contributed by atoms with Gasteiger partial charge in [0.1, 0.15) is 0 Å². The van der Waals surface area contributed by atoms with Crippen molar-refractivity contribution >= 4 is 6.72 Å². The van der Waals surface area contributed by atoms with Gasteiger partial charge >= 0.3 is 0 Å². The van der Waals surface area contributed by atoms with E-state index >= 15 is 0 Å². The molecule has 0 fully saturated rings. The summed E-state index contributed by atoms with van der Waals surface area (Å²) in [6, 6.07) is 0. The molecule has 0 amide bonds. The Labute approximate surface area is 49.7 Å². The van der Waals surface area contributed by atoms with Gasteiger partial charge in [0.2, 0.25) is 0 Å². The Bertz CT molecular complexity index is 75.0. The molecule has 0 aliphatic heterocycles. The lowest BCUT2D eigenvalue weighted by atomic mass is 10.2. The summed E-state index contributed by atoms with van der Waals surface area (Å²) >= 11 is 0. The first-order valence-corrected chi connectivity index (χ1v) is 2.45. The van der Waals surface area contributed by atoms with E-state index in [1.54, 1.807) is 0 Å². The molecule has 0 unspecified atom stereocenters. The van der Waals surface area contributed by atoms with Crippen LogP contribution in [0.3, 0.4) is 0 Å². The van der Waals surface area contributed by atoms with Gasteiger partial charge in [0, 0.05) is 6.72 Å². The van der Waals surface area contributed by atoms with Crippen LogP contribution in [0.2, 0.25) is 0 Å². The minimum Gasteiger partial charge on any atom is -0.253 e. The van der Waals surface area contributed by atoms with Crippen LogP contribution in [0.15, 0.2) is 5.10 Å². The maximum atomic E-state index is 4.90. The molecule has 1 N–H and O–H groups in total. The summed E-state index contributed by atoms with van der Waals surface area (Å²) in [6.07, 6.45) is 0. The van der Waals surface area contributed by atoms with Crippen LogP contribution in [0.25, 0.3) is 0 Å². The molecule has 0 heterocycles. The molecular formula is C5H12N2O. The highest BCUT2D eigenvalue weighted by Gasteiger charge is 2.08. The first-order chi connectivity index (χ1) is 3.56. The molecule has 0 radical (unpaired) electrons. The van der Waals surface area contributed by atoms with Crippen LogP contribution in [0.5, 0.6) is 0 Å². The maximum absolute atomic E-state index is 4.90. The van der Waals surface area contributed by atoms with Gasteiger partial charge < -0.3 is 0 Å². The standard InChI is InChI=1S/C5H12N2O/c1-5(2,3)8-7-6-4/h7H,4H2,1-3H3. The molecule has 0 saturated carbocycles. The Balaban J connectivity index is 3.24. The molecule has 0 rings (SSSR count). The Morgan fingerprint density at radius 2 is 2.00 bits per heavy atom. The Morgan fingerprint density at radius 1 is 1.50 bits per heavy atom. The summed E-state index contributed by atoms with van der Waals surface area (Å²) in [6.45, 7) is 8.94. The molecule has 0 spiro atoms. The predicted octanol–water partition coefficient (Wildman–Crippen LogP) is 0.922. The molecule has 0 aromatic carbocycles. The molecule has 3 heteroatoms. The molecule has 8 heavy (non-hydrogen) atoms. The van der Waals surface area contributed by atoms with Crippen LogP contribution >= 0.6 is 0 Å². The molecular weight excluding hydrogens is 104 g/mol. The van der Waals surface area contributed by atoms with Crippen molar-refractivity contribution in [3.8, 4) is 0 Å². The fourth-order valence-corrected chi connectivity index (χ4v) is 0.169. The van der Waals surface area contributed by atoms with E-state index in [1.165, 1.54) is 0 Å². The van der Waals surface area contributed by atoms with Gasteiger partial charge in [-0.3, -0.25) is 4.84 Å². The number of nitrogens with one attached hydrogen (secondary N) is 1. The zero-order valence-electron chi connectivity index (χ0n) is 5.56. The summed E-state index contributed by atoms with van der Waals surface area (Å²) in [7, 11) is 0. The van der Waals surface area contributed by atoms with E-state index in [2.05, 4.69) is 17.4 Å². The summed E-state index contributed by atoms with van der Waals surface area (Å²) < 4.78 is 0. The van der Waals surface area contributed by atoms with Crippen LogP contribution in [0, 0.1) is 0 Å². The maximum Gasteiger partial charge on any atom is 0.0894 e. The number of hydrogen-bond donors (Lipinski definition) is 1. The van der Waals surface area contributed by atoms with E-state index in [0.717, 1.165) is 0 Å². The van der Waals surface area contributed by atoms with Gasteiger partial charge in [-0.25, -0.2) is 0 Å². The summed E-state index contributed by atoms with van der Waals surface area (Å²) in [5, 5.41) is 3.30. The van der Waals surface area contributed by atoms with E-state index in [0.29, 0.717) is 0 Å². The Hall–Kier alpha value is -0.570. The van der Waals surface area contributed by atoms with Crippen molar-refractivity contribution in [1.29, 1.82) is 0 Å². The second-order valence-electron chi connectivity index (χ2n) is 2.46. The molecule has 0 aliphatic rings. The molecule has 0 atom stereocenters. The van der Waals surface area contributed by atoms with Crippen LogP contribution in [-0.2, 0) is 4.84 Å². The number of nitrogens with zero attached hydrogens (tertiary/aromatic N) is 1. The molecule has 48 valence electrons. The van der Waals surface area contributed by atoms with Gasteiger partial charge in [-0.1, -0.05) is 0 Å². The molecule has 0 saturated heterocycles. The highest BCUT2D eigenvalue weighted by molar-refractivity contribution is 5.21. The minimum atomic E-state index is -0.193. The fraction of sp³-hybridized carbons (Fsp3) is 0.800. The lowest BCUT2D eigenvalue weighted by molar-refractivity contribution is -0.0711. The molecule has 0 bridgehead atoms. The van der Waals surface area contributed by atoms with Crippen molar-refractivity contribution < 1.29 is 4.84 Å². The van der Waals surface area contributed by atoms with Gasteiger partial charge in [-0.2, -0.15) is 10.7 Å². The lowest BCUT2D eigenvalue weighted by Crippen LogP contribution is -2.25. The molecule has 0 aliphatic carbocycles. The van der Waals surface area contributed by atoms with Crippen LogP contribution in [-0.4, -0.2) is 12.3 Å². The monoisotopic (exact) mass is 116 g/mol. The summed E-state index contributed by atoms with van der Waals surface area (Å²) in [5.41, 5.74) is 2.11. The normalized spacial score (nSPS) is 10.9. The second-order valence-corrected chi connectivity index (χ2v) is 2.46. The largest absolute Gasteiger partial charge is 0.253 e. The quantitative estimate of drug-likeness (QED) is 0.430. The van der Waals surface area contributed by atoms with Crippen LogP contribution < -0.4 is 5.59 Å². The van der Waals surface area contributed by atoms with Crippen molar-refractivity contribution in [1.82, 2.24) is 5.59 Å². The van der Waals surface area contributed by atoms with Crippen molar-refractivity contribution in [2.45, 2.75) is 26.4 Å². The predicted molar refractivity (Wildman–Crippen MR) is 33.5 cm³/mol. The summed E-state index contributed by atoms with van der Waals surface area (Å²) in [5.74, 6) is 0. The van der Waals surface area contributed by atoms with E-state index in [4.69, 9.17) is 4.84 Å². The topological polar surface area (TPSA) is 33.6 Å². The van der Waals surface area contributed by atoms with Crippen molar-refractivity contribution in [3.05, 3.63) is 0 Å². The zero-order valence-corrected chi connectivity index (χ0v) is 5.56. The van der Waals surface area contributed by atoms with E-state index in [1.807, 2.05) is 20.8 Å². The molecule has 0 aromatic rings. The number of rotatable bonds is 2. The van der Waals surface area contributed by atoms with Gasteiger partial charge in [-0.15, -0.1) is 0 Å². The van der Waals surface area contributed by atoms with Crippen molar-refractivity contribution in [3.63, 3.8) is 0 Å². The number of hydrazone groups is 1. The molecule has 0 aromatic heterocycles. The highest BCUT2D eigenvalue weighted by atomic mass is 16.7. The first kappa shape index (κ1) is 7.43. The van der Waals surface area contributed by atoms with E-state index in [-0.39, 0.29) is 5.60 Å². The van der Waals surface area contributed by atoms with Crippen LogP contribution in [0.4, 0.5) is 0 Å². The third-order valence-electron chi connectivity index (χ3n) is 0.416. The third kappa shape index (κ3) is 5.43. The minimum absolute atomic E-state index is 0.193.